The Morgan fingerprint density at radius 3 is 2.21 bits per heavy atom. The second-order valence-corrected chi connectivity index (χ2v) is 6.78. The van der Waals surface area contributed by atoms with Crippen molar-refractivity contribution >= 4 is 21.6 Å². The molecule has 0 amide bonds. The molecule has 0 aliphatic carbocycles. The van der Waals surface area contributed by atoms with E-state index in [1.54, 1.807) is 17.4 Å². The molecule has 0 fully saturated rings. The number of thiazole rings is 1. The Morgan fingerprint density at radius 2 is 1.74 bits per heavy atom. The lowest BCUT2D eigenvalue weighted by molar-refractivity contribution is 0.584. The van der Waals surface area contributed by atoms with E-state index in [9.17, 15) is 4.39 Å². The fourth-order valence-electron chi connectivity index (χ4n) is 1.57. The molecule has 3 heteroatoms. The maximum Gasteiger partial charge on any atom is 0.150 e. The maximum atomic E-state index is 13.8. The molecule has 2 aromatic rings. The van der Waals surface area contributed by atoms with Gasteiger partial charge in [-0.05, 0) is 24.1 Å². The Balaban J connectivity index is 0.000000550. The molecule has 0 spiro atoms. The fourth-order valence-corrected chi connectivity index (χ4v) is 2.67. The number of hydrogen-bond donors (Lipinski definition) is 0. The van der Waals surface area contributed by atoms with Crippen molar-refractivity contribution in [1.29, 1.82) is 0 Å². The number of fused-ring (bicyclic) bond motifs is 1. The molecule has 0 atom stereocenters. The minimum absolute atomic E-state index is 0.0114. The summed E-state index contributed by atoms with van der Waals surface area (Å²) in [5.74, 6) is -0.193. The van der Waals surface area contributed by atoms with Crippen LogP contribution >= 0.6 is 11.3 Å². The second kappa shape index (κ2) is 6.47. The van der Waals surface area contributed by atoms with Crippen LogP contribution in [0.2, 0.25) is 0 Å². The minimum atomic E-state index is -0.193. The van der Waals surface area contributed by atoms with Crippen molar-refractivity contribution in [1.82, 2.24) is 4.98 Å². The van der Waals surface area contributed by atoms with Crippen LogP contribution in [0, 0.1) is 5.82 Å². The molecule has 0 unspecified atom stereocenters. The third-order valence-corrected chi connectivity index (χ3v) is 3.99. The molecule has 1 heterocycles. The van der Waals surface area contributed by atoms with Crippen LogP contribution in [0.4, 0.5) is 4.39 Å². The van der Waals surface area contributed by atoms with E-state index in [1.165, 1.54) is 6.42 Å². The monoisotopic (exact) mass is 281 g/mol. The molecule has 1 aromatic heterocycles. The first-order valence-electron chi connectivity index (χ1n) is 6.92. The Labute approximate surface area is 119 Å². The lowest BCUT2D eigenvalue weighted by Gasteiger charge is -2.13. The van der Waals surface area contributed by atoms with Gasteiger partial charge in [-0.25, -0.2) is 9.37 Å². The maximum absolute atomic E-state index is 13.8. The van der Waals surface area contributed by atoms with Crippen LogP contribution < -0.4 is 0 Å². The highest BCUT2D eigenvalue weighted by Gasteiger charge is 2.20. The number of rotatable bonds is 1. The number of nitrogens with zero attached hydrogens (tertiary/aromatic N) is 1. The van der Waals surface area contributed by atoms with Crippen molar-refractivity contribution in [2.45, 2.75) is 59.8 Å². The molecule has 0 saturated carbocycles. The fraction of sp³-hybridized carbons (Fsp3) is 0.562. The number of aromatic nitrogens is 1. The molecule has 0 radical (unpaired) electrons. The van der Waals surface area contributed by atoms with Gasteiger partial charge in [0.25, 0.3) is 0 Å². The molecule has 2 rings (SSSR count). The molecule has 1 nitrogen and oxygen atoms in total. The zero-order valence-corrected chi connectivity index (χ0v) is 13.6. The van der Waals surface area contributed by atoms with Gasteiger partial charge in [0.2, 0.25) is 0 Å². The van der Waals surface area contributed by atoms with Gasteiger partial charge < -0.3 is 0 Å². The van der Waals surface area contributed by atoms with E-state index in [4.69, 9.17) is 0 Å². The van der Waals surface area contributed by atoms with Crippen LogP contribution in [0.25, 0.3) is 10.2 Å². The summed E-state index contributed by atoms with van der Waals surface area (Å²) in [7, 11) is 0. The Morgan fingerprint density at radius 1 is 1.16 bits per heavy atom. The van der Waals surface area contributed by atoms with Crippen LogP contribution in [0.1, 0.15) is 58.5 Å². The molecule has 106 valence electrons. The lowest BCUT2D eigenvalue weighted by Crippen LogP contribution is -2.09. The lowest BCUT2D eigenvalue weighted by atomic mass is 9.98. The number of aryl methyl sites for hydroxylation is 1. The number of halogens is 1. The summed E-state index contributed by atoms with van der Waals surface area (Å²) >= 11 is 1.60. The summed E-state index contributed by atoms with van der Waals surface area (Å²) in [4.78, 5) is 4.40. The van der Waals surface area contributed by atoms with E-state index in [0.29, 0.717) is 5.52 Å². The van der Waals surface area contributed by atoms with Crippen molar-refractivity contribution < 1.29 is 4.39 Å². The highest BCUT2D eigenvalue weighted by Crippen LogP contribution is 2.32. The topological polar surface area (TPSA) is 12.9 Å². The van der Waals surface area contributed by atoms with Gasteiger partial charge in [0, 0.05) is 5.41 Å². The summed E-state index contributed by atoms with van der Waals surface area (Å²) < 4.78 is 14.7. The number of benzene rings is 1. The molecule has 0 N–H and O–H groups in total. The molecule has 0 saturated heterocycles. The molecule has 0 bridgehead atoms. The highest BCUT2D eigenvalue weighted by molar-refractivity contribution is 7.18. The highest BCUT2D eigenvalue weighted by atomic mass is 32.1. The van der Waals surface area contributed by atoms with Crippen molar-refractivity contribution in [3.8, 4) is 0 Å². The van der Waals surface area contributed by atoms with Crippen molar-refractivity contribution in [2.24, 2.45) is 0 Å². The van der Waals surface area contributed by atoms with E-state index >= 15 is 0 Å². The first-order valence-corrected chi connectivity index (χ1v) is 7.74. The molecular formula is C16H24FNS. The van der Waals surface area contributed by atoms with Gasteiger partial charge in [0.1, 0.15) is 5.52 Å². The second-order valence-electron chi connectivity index (χ2n) is 5.75. The van der Waals surface area contributed by atoms with Gasteiger partial charge in [0.15, 0.2) is 5.82 Å². The van der Waals surface area contributed by atoms with E-state index < -0.39 is 0 Å². The summed E-state index contributed by atoms with van der Waals surface area (Å²) in [6, 6.07) is 3.64. The number of hydrogen-bond acceptors (Lipinski definition) is 2. The molecule has 1 aromatic carbocycles. The van der Waals surface area contributed by atoms with E-state index in [1.807, 2.05) is 13.0 Å². The summed E-state index contributed by atoms with van der Waals surface area (Å²) in [5, 5.41) is 0.995. The Kier molecular flexibility index (Phi) is 5.48. The van der Waals surface area contributed by atoms with Crippen molar-refractivity contribution in [3.63, 3.8) is 0 Å². The zero-order valence-electron chi connectivity index (χ0n) is 12.8. The van der Waals surface area contributed by atoms with Gasteiger partial charge in [0.05, 0.1) is 9.71 Å². The normalized spacial score (nSPS) is 11.3. The van der Waals surface area contributed by atoms with Crippen LogP contribution in [0.3, 0.4) is 0 Å². The van der Waals surface area contributed by atoms with Gasteiger partial charge in [-0.2, -0.15) is 0 Å². The van der Waals surface area contributed by atoms with Crippen LogP contribution in [-0.2, 0) is 11.8 Å². The molecular weight excluding hydrogens is 257 g/mol. The third kappa shape index (κ3) is 4.00. The van der Waals surface area contributed by atoms with Crippen molar-refractivity contribution in [3.05, 3.63) is 28.5 Å². The zero-order chi connectivity index (χ0) is 14.6. The average molecular weight is 281 g/mol. The third-order valence-electron chi connectivity index (χ3n) is 2.56. The van der Waals surface area contributed by atoms with Gasteiger partial charge in [-0.3, -0.25) is 0 Å². The first kappa shape index (κ1) is 16.1. The summed E-state index contributed by atoms with van der Waals surface area (Å²) in [6.07, 6.45) is 2.11. The first-order chi connectivity index (χ1) is 8.83. The van der Waals surface area contributed by atoms with E-state index in [-0.39, 0.29) is 11.2 Å². The van der Waals surface area contributed by atoms with Crippen molar-refractivity contribution in [2.75, 3.05) is 0 Å². The van der Waals surface area contributed by atoms with Crippen LogP contribution in [0.5, 0.6) is 0 Å². The van der Waals surface area contributed by atoms with E-state index in [0.717, 1.165) is 21.7 Å². The summed E-state index contributed by atoms with van der Waals surface area (Å²) in [5.41, 5.74) is 1.55. The molecule has 0 aliphatic heterocycles. The van der Waals surface area contributed by atoms with Crippen LogP contribution in [0.15, 0.2) is 12.1 Å². The van der Waals surface area contributed by atoms with E-state index in [2.05, 4.69) is 39.6 Å². The predicted octanol–water partition coefficient (Wildman–Crippen LogP) is 5.71. The average Bonchev–Trinajstić information content (AvgIpc) is 2.74. The predicted molar refractivity (Wildman–Crippen MR) is 83.6 cm³/mol. The molecule has 19 heavy (non-hydrogen) atoms. The van der Waals surface area contributed by atoms with Gasteiger partial charge in [-0.1, -0.05) is 48.0 Å². The smallest absolute Gasteiger partial charge is 0.150 e. The standard InChI is InChI=1S/C13H16FNS.C3H8/c1-5-8-6-9(14)11-10(7-8)16-12(15-11)13(2,3)4;1-3-2/h6-7H,5H2,1-4H3;3H2,1-2H3. The minimum Gasteiger partial charge on any atom is -0.238 e. The Hall–Kier alpha value is -0.960. The van der Waals surface area contributed by atoms with Gasteiger partial charge >= 0.3 is 0 Å². The van der Waals surface area contributed by atoms with Gasteiger partial charge in [-0.15, -0.1) is 11.3 Å². The summed E-state index contributed by atoms with van der Waals surface area (Å²) in [6.45, 7) is 12.6. The SMILES string of the molecule is CCC.CCc1cc(F)c2nc(C(C)(C)C)sc2c1. The molecule has 0 aliphatic rings. The Bertz CT molecular complexity index is 537. The largest absolute Gasteiger partial charge is 0.238 e. The van der Waals surface area contributed by atoms with Crippen LogP contribution in [-0.4, -0.2) is 4.98 Å². The quantitative estimate of drug-likeness (QED) is 0.652.